The first kappa shape index (κ1) is 10.4. The molecule has 2 fully saturated rings. The molecule has 1 saturated heterocycles. The first-order valence-electron chi connectivity index (χ1n) is 5.90. The summed E-state index contributed by atoms with van der Waals surface area (Å²) in [6, 6.07) is 0.470. The van der Waals surface area contributed by atoms with E-state index in [0.717, 1.165) is 5.92 Å². The van der Waals surface area contributed by atoms with E-state index in [0.29, 0.717) is 17.0 Å². The monoisotopic (exact) mass is 196 g/mol. The van der Waals surface area contributed by atoms with Crippen molar-refractivity contribution in [3.05, 3.63) is 0 Å². The summed E-state index contributed by atoms with van der Waals surface area (Å²) in [6.45, 7) is 11.9. The number of likely N-dealkylation sites (tertiary alicyclic amines) is 1. The Kier molecular flexibility index (Phi) is 2.20. The molecule has 0 radical (unpaired) electrons. The number of nitrogens with two attached hydrogens (primary N) is 1. The second kappa shape index (κ2) is 2.96. The van der Waals surface area contributed by atoms with Crippen molar-refractivity contribution in [1.29, 1.82) is 0 Å². The van der Waals surface area contributed by atoms with E-state index in [2.05, 4.69) is 32.6 Å². The third kappa shape index (κ3) is 1.31. The molecule has 0 unspecified atom stereocenters. The molecule has 0 aromatic rings. The summed E-state index contributed by atoms with van der Waals surface area (Å²) in [5, 5.41) is 0. The molecule has 2 nitrogen and oxygen atoms in total. The number of hydrogen-bond donors (Lipinski definition) is 1. The summed E-state index contributed by atoms with van der Waals surface area (Å²) in [7, 11) is 0. The molecule has 2 aliphatic rings. The van der Waals surface area contributed by atoms with Crippen LogP contribution >= 0.6 is 0 Å². The molecule has 14 heavy (non-hydrogen) atoms. The zero-order valence-electron chi connectivity index (χ0n) is 10.0. The fraction of sp³-hybridized carbons (Fsp3) is 1.00. The third-order valence-electron chi connectivity index (χ3n) is 4.80. The highest BCUT2D eigenvalue weighted by Gasteiger charge is 2.56. The van der Waals surface area contributed by atoms with E-state index in [4.69, 9.17) is 5.73 Å². The molecule has 0 amide bonds. The van der Waals surface area contributed by atoms with Gasteiger partial charge in [0.2, 0.25) is 0 Å². The number of rotatable bonds is 2. The standard InChI is InChI=1S/C12H24N2/c1-5-11(2,3)14-7-9-10(13)6-12(9,4)8-14/h9-10H,5-8,13H2,1-4H3/t9-,10-,12-/m1/s1. The Morgan fingerprint density at radius 1 is 1.50 bits per heavy atom. The van der Waals surface area contributed by atoms with Crippen LogP contribution in [0.5, 0.6) is 0 Å². The van der Waals surface area contributed by atoms with Crippen LogP contribution in [-0.4, -0.2) is 29.6 Å². The minimum Gasteiger partial charge on any atom is -0.327 e. The second-order valence-electron chi connectivity index (χ2n) is 6.18. The van der Waals surface area contributed by atoms with Crippen molar-refractivity contribution >= 4 is 0 Å². The molecule has 3 atom stereocenters. The van der Waals surface area contributed by atoms with Crippen molar-refractivity contribution in [2.75, 3.05) is 13.1 Å². The lowest BCUT2D eigenvalue weighted by Crippen LogP contribution is -2.53. The van der Waals surface area contributed by atoms with E-state index in [9.17, 15) is 0 Å². The summed E-state index contributed by atoms with van der Waals surface area (Å²) in [4.78, 5) is 2.64. The Hall–Kier alpha value is -0.0800. The van der Waals surface area contributed by atoms with Crippen LogP contribution in [0.25, 0.3) is 0 Å². The van der Waals surface area contributed by atoms with Crippen LogP contribution in [0.15, 0.2) is 0 Å². The lowest BCUT2D eigenvalue weighted by Gasteiger charge is -2.46. The molecule has 1 aliphatic heterocycles. The number of hydrogen-bond acceptors (Lipinski definition) is 2. The molecule has 0 aromatic carbocycles. The Morgan fingerprint density at radius 3 is 2.57 bits per heavy atom. The first-order chi connectivity index (χ1) is 6.39. The van der Waals surface area contributed by atoms with Gasteiger partial charge in [0, 0.05) is 24.7 Å². The van der Waals surface area contributed by atoms with E-state index < -0.39 is 0 Å². The maximum atomic E-state index is 6.07. The number of fused-ring (bicyclic) bond motifs is 1. The van der Waals surface area contributed by atoms with Crippen LogP contribution in [0.3, 0.4) is 0 Å². The molecule has 0 bridgehead atoms. The minimum atomic E-state index is 0.361. The zero-order chi connectivity index (χ0) is 10.6. The molecule has 2 N–H and O–H groups in total. The predicted molar refractivity (Wildman–Crippen MR) is 60.1 cm³/mol. The summed E-state index contributed by atoms with van der Waals surface area (Å²) in [6.07, 6.45) is 2.46. The minimum absolute atomic E-state index is 0.361. The summed E-state index contributed by atoms with van der Waals surface area (Å²) < 4.78 is 0. The zero-order valence-corrected chi connectivity index (χ0v) is 10.0. The van der Waals surface area contributed by atoms with Crippen LogP contribution in [0.2, 0.25) is 0 Å². The first-order valence-corrected chi connectivity index (χ1v) is 5.90. The highest BCUT2D eigenvalue weighted by atomic mass is 15.2. The van der Waals surface area contributed by atoms with E-state index in [1.807, 2.05) is 0 Å². The summed E-state index contributed by atoms with van der Waals surface area (Å²) in [5.74, 6) is 0.758. The normalized spacial score (nSPS) is 43.5. The smallest absolute Gasteiger partial charge is 0.0151 e. The van der Waals surface area contributed by atoms with Gasteiger partial charge in [-0.3, -0.25) is 4.90 Å². The van der Waals surface area contributed by atoms with Gasteiger partial charge in [-0.2, -0.15) is 0 Å². The lowest BCUT2D eigenvalue weighted by molar-refractivity contribution is 0.0728. The quantitative estimate of drug-likeness (QED) is 0.730. The van der Waals surface area contributed by atoms with Gasteiger partial charge in [0.05, 0.1) is 0 Å². The molecule has 1 heterocycles. The van der Waals surface area contributed by atoms with Gasteiger partial charge < -0.3 is 5.73 Å². The van der Waals surface area contributed by atoms with Crippen molar-refractivity contribution in [3.8, 4) is 0 Å². The predicted octanol–water partition coefficient (Wildman–Crippen LogP) is 1.84. The summed E-state index contributed by atoms with van der Waals surface area (Å²) >= 11 is 0. The largest absolute Gasteiger partial charge is 0.327 e. The van der Waals surface area contributed by atoms with Crippen molar-refractivity contribution in [3.63, 3.8) is 0 Å². The average molecular weight is 196 g/mol. The van der Waals surface area contributed by atoms with Crippen molar-refractivity contribution in [2.45, 2.75) is 52.1 Å². The molecule has 2 rings (SSSR count). The van der Waals surface area contributed by atoms with E-state index in [1.165, 1.54) is 25.9 Å². The lowest BCUT2D eigenvalue weighted by atomic mass is 9.60. The SMILES string of the molecule is CCC(C)(C)N1C[C@@H]2[C@H](N)C[C@]2(C)C1. The van der Waals surface area contributed by atoms with E-state index in [1.54, 1.807) is 0 Å². The van der Waals surface area contributed by atoms with Crippen molar-refractivity contribution < 1.29 is 0 Å². The highest BCUT2D eigenvalue weighted by molar-refractivity contribution is 5.10. The van der Waals surface area contributed by atoms with Gasteiger partial charge in [0.25, 0.3) is 0 Å². The van der Waals surface area contributed by atoms with Crippen LogP contribution in [-0.2, 0) is 0 Å². The summed E-state index contributed by atoms with van der Waals surface area (Å²) in [5.41, 5.74) is 6.96. The third-order valence-corrected chi connectivity index (χ3v) is 4.80. The fourth-order valence-electron chi connectivity index (χ4n) is 3.15. The van der Waals surface area contributed by atoms with Gasteiger partial charge in [-0.15, -0.1) is 0 Å². The molecule has 1 aliphatic carbocycles. The van der Waals surface area contributed by atoms with Gasteiger partial charge >= 0.3 is 0 Å². The molecule has 1 saturated carbocycles. The van der Waals surface area contributed by atoms with Crippen molar-refractivity contribution in [2.24, 2.45) is 17.1 Å². The van der Waals surface area contributed by atoms with E-state index in [-0.39, 0.29) is 0 Å². The van der Waals surface area contributed by atoms with Crippen LogP contribution in [0, 0.1) is 11.3 Å². The molecule has 0 spiro atoms. The Morgan fingerprint density at radius 2 is 2.14 bits per heavy atom. The van der Waals surface area contributed by atoms with E-state index >= 15 is 0 Å². The average Bonchev–Trinajstić information content (AvgIpc) is 2.38. The van der Waals surface area contributed by atoms with Crippen molar-refractivity contribution in [1.82, 2.24) is 4.90 Å². The Labute approximate surface area is 87.8 Å². The molecular weight excluding hydrogens is 172 g/mol. The maximum Gasteiger partial charge on any atom is 0.0151 e. The highest BCUT2D eigenvalue weighted by Crippen LogP contribution is 2.52. The van der Waals surface area contributed by atoms with Gasteiger partial charge in [-0.05, 0) is 38.0 Å². The van der Waals surface area contributed by atoms with Gasteiger partial charge in [-0.25, -0.2) is 0 Å². The molecule has 2 heteroatoms. The van der Waals surface area contributed by atoms with Gasteiger partial charge in [-0.1, -0.05) is 13.8 Å². The fourth-order valence-corrected chi connectivity index (χ4v) is 3.15. The van der Waals surface area contributed by atoms with Crippen LogP contribution < -0.4 is 5.73 Å². The Bertz CT molecular complexity index is 236. The van der Waals surface area contributed by atoms with Crippen LogP contribution in [0.4, 0.5) is 0 Å². The molecule has 82 valence electrons. The van der Waals surface area contributed by atoms with Gasteiger partial charge in [0.15, 0.2) is 0 Å². The molecular formula is C12H24N2. The second-order valence-corrected chi connectivity index (χ2v) is 6.18. The maximum absolute atomic E-state index is 6.07. The number of nitrogens with zero attached hydrogens (tertiary/aromatic N) is 1. The van der Waals surface area contributed by atoms with Crippen LogP contribution in [0.1, 0.15) is 40.5 Å². The Balaban J connectivity index is 2.08. The van der Waals surface area contributed by atoms with Gasteiger partial charge in [0.1, 0.15) is 0 Å². The molecule has 0 aromatic heterocycles. The topological polar surface area (TPSA) is 29.3 Å².